The maximum absolute atomic E-state index is 12.9. The molecule has 5 nitrogen and oxygen atoms in total. The van der Waals surface area contributed by atoms with Crippen LogP contribution in [-0.2, 0) is 9.53 Å². The summed E-state index contributed by atoms with van der Waals surface area (Å²) in [5, 5.41) is 12.3. The zero-order chi connectivity index (χ0) is 14.3. The van der Waals surface area contributed by atoms with Gasteiger partial charge in [-0.05, 0) is 46.2 Å². The Hall–Kier alpha value is -0.650. The van der Waals surface area contributed by atoms with Crippen molar-refractivity contribution in [3.8, 4) is 0 Å². The van der Waals surface area contributed by atoms with Crippen LogP contribution in [0.15, 0.2) is 0 Å². The van der Waals surface area contributed by atoms with E-state index in [0.29, 0.717) is 19.6 Å². The third-order valence-corrected chi connectivity index (χ3v) is 3.88. The van der Waals surface area contributed by atoms with E-state index in [4.69, 9.17) is 9.84 Å². The number of aliphatic hydroxyl groups is 1. The van der Waals surface area contributed by atoms with Gasteiger partial charge in [-0.15, -0.1) is 0 Å². The standard InChI is InChI=1S/C14H28N2O3/c1-12(2)16(9-4-10-17)13(18)14(11-19-3)5-7-15-8-6-14/h12,15,17H,4-11H2,1-3H3. The molecule has 5 heteroatoms. The predicted octanol–water partition coefficient (Wildman–Crippen LogP) is 0.622. The summed E-state index contributed by atoms with van der Waals surface area (Å²) in [6.45, 7) is 6.99. The Morgan fingerprint density at radius 1 is 1.42 bits per heavy atom. The molecule has 0 aromatic rings. The largest absolute Gasteiger partial charge is 0.396 e. The first-order valence-electron chi connectivity index (χ1n) is 7.19. The van der Waals surface area contributed by atoms with Gasteiger partial charge in [-0.25, -0.2) is 0 Å². The van der Waals surface area contributed by atoms with Gasteiger partial charge in [-0.3, -0.25) is 4.79 Å². The smallest absolute Gasteiger partial charge is 0.231 e. The lowest BCUT2D eigenvalue weighted by Gasteiger charge is -2.41. The number of methoxy groups -OCH3 is 1. The minimum atomic E-state index is -0.389. The second kappa shape index (κ2) is 7.82. The van der Waals surface area contributed by atoms with E-state index in [0.717, 1.165) is 25.9 Å². The molecule has 1 rings (SSSR count). The number of hydrogen-bond acceptors (Lipinski definition) is 4. The van der Waals surface area contributed by atoms with Crippen molar-refractivity contribution < 1.29 is 14.6 Å². The summed E-state index contributed by atoms with van der Waals surface area (Å²) < 4.78 is 5.32. The molecule has 1 aliphatic heterocycles. The van der Waals surface area contributed by atoms with Gasteiger partial charge in [-0.2, -0.15) is 0 Å². The van der Waals surface area contributed by atoms with Crippen molar-refractivity contribution in [3.05, 3.63) is 0 Å². The highest BCUT2D eigenvalue weighted by molar-refractivity contribution is 5.83. The van der Waals surface area contributed by atoms with Crippen LogP contribution in [0.5, 0.6) is 0 Å². The average Bonchev–Trinajstić information content (AvgIpc) is 2.40. The highest BCUT2D eigenvalue weighted by Gasteiger charge is 2.42. The number of amides is 1. The Balaban J connectivity index is 2.82. The second-order valence-electron chi connectivity index (χ2n) is 5.63. The molecule has 0 unspecified atom stereocenters. The molecule has 1 aliphatic rings. The van der Waals surface area contributed by atoms with E-state index in [1.54, 1.807) is 7.11 Å². The molecule has 0 saturated carbocycles. The van der Waals surface area contributed by atoms with Gasteiger partial charge in [0.2, 0.25) is 5.91 Å². The zero-order valence-corrected chi connectivity index (χ0v) is 12.4. The second-order valence-corrected chi connectivity index (χ2v) is 5.63. The summed E-state index contributed by atoms with van der Waals surface area (Å²) in [5.41, 5.74) is -0.389. The Morgan fingerprint density at radius 3 is 2.53 bits per heavy atom. The predicted molar refractivity (Wildman–Crippen MR) is 75.0 cm³/mol. The van der Waals surface area contributed by atoms with Crippen LogP contribution in [0, 0.1) is 5.41 Å². The van der Waals surface area contributed by atoms with E-state index in [1.807, 2.05) is 18.7 Å². The molecule has 0 radical (unpaired) electrons. The molecule has 1 saturated heterocycles. The fourth-order valence-corrected chi connectivity index (χ4v) is 2.74. The maximum Gasteiger partial charge on any atom is 0.231 e. The number of ether oxygens (including phenoxy) is 1. The molecule has 0 atom stereocenters. The summed E-state index contributed by atoms with van der Waals surface area (Å²) in [5.74, 6) is 0.180. The fourth-order valence-electron chi connectivity index (χ4n) is 2.74. The first kappa shape index (κ1) is 16.4. The van der Waals surface area contributed by atoms with Crippen LogP contribution in [-0.4, -0.2) is 61.9 Å². The molecule has 2 N–H and O–H groups in total. The average molecular weight is 272 g/mol. The van der Waals surface area contributed by atoms with E-state index in [9.17, 15) is 4.79 Å². The van der Waals surface area contributed by atoms with Gasteiger partial charge in [0.1, 0.15) is 0 Å². The molecule has 0 aromatic carbocycles. The van der Waals surface area contributed by atoms with Gasteiger partial charge < -0.3 is 20.1 Å². The number of carbonyl (C=O) groups is 1. The summed E-state index contributed by atoms with van der Waals surface area (Å²) in [4.78, 5) is 14.8. The van der Waals surface area contributed by atoms with Crippen molar-refractivity contribution in [2.24, 2.45) is 5.41 Å². The third kappa shape index (κ3) is 4.16. The highest BCUT2D eigenvalue weighted by atomic mass is 16.5. The topological polar surface area (TPSA) is 61.8 Å². The first-order chi connectivity index (χ1) is 9.07. The molecule has 0 aromatic heterocycles. The number of carbonyl (C=O) groups excluding carboxylic acids is 1. The van der Waals surface area contributed by atoms with Crippen molar-refractivity contribution >= 4 is 5.91 Å². The number of hydrogen-bond donors (Lipinski definition) is 2. The molecule has 0 bridgehead atoms. The zero-order valence-electron chi connectivity index (χ0n) is 12.4. The highest BCUT2D eigenvalue weighted by Crippen LogP contribution is 2.32. The van der Waals surface area contributed by atoms with E-state index in [-0.39, 0.29) is 24.0 Å². The van der Waals surface area contributed by atoms with Crippen LogP contribution in [0.3, 0.4) is 0 Å². The van der Waals surface area contributed by atoms with Gasteiger partial charge in [0.15, 0.2) is 0 Å². The maximum atomic E-state index is 12.9. The number of nitrogens with zero attached hydrogens (tertiary/aromatic N) is 1. The van der Waals surface area contributed by atoms with Crippen molar-refractivity contribution in [1.82, 2.24) is 10.2 Å². The first-order valence-corrected chi connectivity index (χ1v) is 7.19. The van der Waals surface area contributed by atoms with Crippen LogP contribution < -0.4 is 5.32 Å². The van der Waals surface area contributed by atoms with Crippen molar-refractivity contribution in [2.45, 2.75) is 39.2 Å². The minimum absolute atomic E-state index is 0.120. The molecule has 112 valence electrons. The van der Waals surface area contributed by atoms with Crippen LogP contribution >= 0.6 is 0 Å². The number of nitrogens with one attached hydrogen (secondary N) is 1. The molecular weight excluding hydrogens is 244 g/mol. The Morgan fingerprint density at radius 2 is 2.05 bits per heavy atom. The summed E-state index contributed by atoms with van der Waals surface area (Å²) in [7, 11) is 1.66. The van der Waals surface area contributed by atoms with E-state index in [1.165, 1.54) is 0 Å². The monoisotopic (exact) mass is 272 g/mol. The molecule has 0 aliphatic carbocycles. The van der Waals surface area contributed by atoms with Crippen LogP contribution in [0.2, 0.25) is 0 Å². The van der Waals surface area contributed by atoms with Crippen LogP contribution in [0.1, 0.15) is 33.1 Å². The molecule has 19 heavy (non-hydrogen) atoms. The van der Waals surface area contributed by atoms with Gasteiger partial charge >= 0.3 is 0 Å². The lowest BCUT2D eigenvalue weighted by atomic mass is 9.78. The summed E-state index contributed by atoms with van der Waals surface area (Å²) >= 11 is 0. The Kier molecular flexibility index (Phi) is 6.75. The van der Waals surface area contributed by atoms with Crippen molar-refractivity contribution in [1.29, 1.82) is 0 Å². The fraction of sp³-hybridized carbons (Fsp3) is 0.929. The lowest BCUT2D eigenvalue weighted by molar-refractivity contribution is -0.149. The molecular formula is C14H28N2O3. The normalized spacial score (nSPS) is 18.6. The van der Waals surface area contributed by atoms with Crippen LogP contribution in [0.25, 0.3) is 0 Å². The minimum Gasteiger partial charge on any atom is -0.396 e. The van der Waals surface area contributed by atoms with E-state index in [2.05, 4.69) is 5.32 Å². The number of piperidine rings is 1. The molecule has 1 fully saturated rings. The molecule has 1 amide bonds. The van der Waals surface area contributed by atoms with Crippen molar-refractivity contribution in [2.75, 3.05) is 40.0 Å². The van der Waals surface area contributed by atoms with Crippen LogP contribution in [0.4, 0.5) is 0 Å². The van der Waals surface area contributed by atoms with Crippen molar-refractivity contribution in [3.63, 3.8) is 0 Å². The van der Waals surface area contributed by atoms with Gasteiger partial charge in [0.05, 0.1) is 12.0 Å². The van der Waals surface area contributed by atoms with E-state index >= 15 is 0 Å². The quantitative estimate of drug-likeness (QED) is 0.713. The lowest BCUT2D eigenvalue weighted by Crippen LogP contribution is -2.53. The Bertz CT molecular complexity index is 270. The Labute approximate surface area is 116 Å². The molecule has 1 heterocycles. The summed E-state index contributed by atoms with van der Waals surface area (Å²) in [6, 6.07) is 0.155. The number of rotatable bonds is 7. The molecule has 0 spiro atoms. The van der Waals surface area contributed by atoms with Gasteiger partial charge in [0.25, 0.3) is 0 Å². The van der Waals surface area contributed by atoms with Gasteiger partial charge in [-0.1, -0.05) is 0 Å². The van der Waals surface area contributed by atoms with E-state index < -0.39 is 0 Å². The summed E-state index contributed by atoms with van der Waals surface area (Å²) in [6.07, 6.45) is 2.27. The number of aliphatic hydroxyl groups excluding tert-OH is 1. The van der Waals surface area contributed by atoms with Gasteiger partial charge in [0, 0.05) is 26.3 Å². The SMILES string of the molecule is COCC1(C(=O)N(CCCO)C(C)C)CCNCC1. The third-order valence-electron chi connectivity index (χ3n) is 3.88.